The maximum absolute atomic E-state index is 4.89. The lowest BCUT2D eigenvalue weighted by Gasteiger charge is -2.38. The fourth-order valence-corrected chi connectivity index (χ4v) is 3.70. The molecule has 3 unspecified atom stereocenters. The molecular formula is C16H19N3. The van der Waals surface area contributed by atoms with E-state index in [1.54, 1.807) is 4.90 Å². The van der Waals surface area contributed by atoms with Crippen LogP contribution in [0.25, 0.3) is 22.7 Å². The topological polar surface area (TPSA) is 30.6 Å². The van der Waals surface area contributed by atoms with Gasteiger partial charge in [0.1, 0.15) is 12.2 Å². The van der Waals surface area contributed by atoms with Crippen molar-refractivity contribution in [1.29, 1.82) is 0 Å². The van der Waals surface area contributed by atoms with Crippen LogP contribution in [0.2, 0.25) is 0 Å². The molecule has 1 fully saturated rings. The third-order valence-corrected chi connectivity index (χ3v) is 4.52. The van der Waals surface area contributed by atoms with Gasteiger partial charge < -0.3 is 4.98 Å². The zero-order valence-corrected chi connectivity index (χ0v) is 11.4. The number of benzene rings is 1. The second-order valence-electron chi connectivity index (χ2n) is 5.71. The number of nitrogens with one attached hydrogen (secondary N) is 2. The summed E-state index contributed by atoms with van der Waals surface area (Å²) in [6.45, 7) is 5.64. The molecule has 3 nitrogen and oxygen atoms in total. The maximum atomic E-state index is 4.89. The number of rotatable bonds is 0. The summed E-state index contributed by atoms with van der Waals surface area (Å²) < 4.78 is 0. The predicted molar refractivity (Wildman–Crippen MR) is 76.9 cm³/mol. The van der Waals surface area contributed by atoms with Gasteiger partial charge in [0.05, 0.1) is 5.70 Å². The Hall–Kier alpha value is -1.58. The van der Waals surface area contributed by atoms with Crippen LogP contribution < -0.4 is 25.8 Å². The summed E-state index contributed by atoms with van der Waals surface area (Å²) in [6.07, 6.45) is 3.98. The molecule has 1 aromatic heterocycles. The smallest absolute Gasteiger partial charge is 0.143 e. The first-order valence-corrected chi connectivity index (χ1v) is 7.12. The Labute approximate surface area is 112 Å². The van der Waals surface area contributed by atoms with Crippen molar-refractivity contribution in [2.45, 2.75) is 32.5 Å². The largest absolute Gasteiger partial charge is 0.652 e. The molecule has 0 radical (unpaired) electrons. The molecule has 2 aliphatic heterocycles. The van der Waals surface area contributed by atoms with Gasteiger partial charge in [0.15, 0.2) is 0 Å². The highest BCUT2D eigenvalue weighted by Gasteiger charge is 2.31. The van der Waals surface area contributed by atoms with Crippen LogP contribution in [0.3, 0.4) is 0 Å². The summed E-state index contributed by atoms with van der Waals surface area (Å²) in [5.74, 6) is 0. The Morgan fingerprint density at radius 1 is 1.26 bits per heavy atom. The van der Waals surface area contributed by atoms with Gasteiger partial charge in [0.25, 0.3) is 0 Å². The zero-order valence-electron chi connectivity index (χ0n) is 11.4. The molecule has 19 heavy (non-hydrogen) atoms. The Kier molecular flexibility index (Phi) is 2.34. The first kappa shape index (κ1) is 11.3. The average molecular weight is 253 g/mol. The number of para-hydroxylation sites is 1. The molecule has 0 bridgehead atoms. The van der Waals surface area contributed by atoms with Gasteiger partial charge in [-0.2, -0.15) is 0 Å². The van der Waals surface area contributed by atoms with Gasteiger partial charge in [0.2, 0.25) is 0 Å². The second kappa shape index (κ2) is 3.95. The molecule has 0 spiro atoms. The van der Waals surface area contributed by atoms with Crippen molar-refractivity contribution in [3.63, 3.8) is 0 Å². The van der Waals surface area contributed by atoms with Gasteiger partial charge in [-0.15, -0.1) is 5.52 Å². The van der Waals surface area contributed by atoms with Gasteiger partial charge in [-0.05, 0) is 23.6 Å². The summed E-state index contributed by atoms with van der Waals surface area (Å²) in [6, 6.07) is 9.01. The quantitative estimate of drug-likeness (QED) is 0.651. The SMILES string of the molecule is CC1C=c2c([n-]c3ccccc23)=C2CCNC(C)[NH+]21. The van der Waals surface area contributed by atoms with E-state index >= 15 is 0 Å². The number of fused-ring (bicyclic) bond motifs is 4. The third kappa shape index (κ3) is 1.52. The molecule has 1 aromatic carbocycles. The monoisotopic (exact) mass is 253 g/mol. The minimum absolute atomic E-state index is 0.475. The van der Waals surface area contributed by atoms with E-state index in [1.165, 1.54) is 21.7 Å². The van der Waals surface area contributed by atoms with Crippen LogP contribution in [-0.2, 0) is 0 Å². The number of quaternary nitrogens is 1. The van der Waals surface area contributed by atoms with Crippen LogP contribution >= 0.6 is 0 Å². The Balaban J connectivity index is 2.11. The Morgan fingerprint density at radius 3 is 3.00 bits per heavy atom. The minimum atomic E-state index is 0.475. The molecule has 1 saturated heterocycles. The van der Waals surface area contributed by atoms with Crippen molar-refractivity contribution in [1.82, 2.24) is 10.3 Å². The third-order valence-electron chi connectivity index (χ3n) is 4.52. The van der Waals surface area contributed by atoms with Gasteiger partial charge in [-0.1, -0.05) is 29.6 Å². The van der Waals surface area contributed by atoms with Crippen molar-refractivity contribution in [2.24, 2.45) is 0 Å². The van der Waals surface area contributed by atoms with Gasteiger partial charge in [0, 0.05) is 19.9 Å². The molecule has 3 heteroatoms. The molecule has 2 aromatic rings. The van der Waals surface area contributed by atoms with E-state index in [9.17, 15) is 0 Å². The van der Waals surface area contributed by atoms with Crippen LogP contribution in [0.5, 0.6) is 0 Å². The summed E-state index contributed by atoms with van der Waals surface area (Å²) >= 11 is 0. The van der Waals surface area contributed by atoms with E-state index < -0.39 is 0 Å². The first-order valence-electron chi connectivity index (χ1n) is 7.12. The van der Waals surface area contributed by atoms with Crippen LogP contribution in [0.4, 0.5) is 0 Å². The normalized spacial score (nSPS) is 29.8. The Morgan fingerprint density at radius 2 is 2.11 bits per heavy atom. The standard InChI is InChI=1S/C16H18N3/c1-10-9-13-12-5-3-4-6-14(12)18-16(13)15-7-8-17-11(2)19(10)15/h3-6,9-11,17H,7-8H2,1-2H3/q-1/p+1. The summed E-state index contributed by atoms with van der Waals surface area (Å²) in [4.78, 5) is 6.43. The van der Waals surface area contributed by atoms with E-state index in [4.69, 9.17) is 4.98 Å². The van der Waals surface area contributed by atoms with Crippen molar-refractivity contribution in [2.75, 3.05) is 6.54 Å². The van der Waals surface area contributed by atoms with Crippen LogP contribution in [0.1, 0.15) is 20.3 Å². The van der Waals surface area contributed by atoms with E-state index in [0.29, 0.717) is 12.2 Å². The predicted octanol–water partition coefficient (Wildman–Crippen LogP) is -0.688. The summed E-state index contributed by atoms with van der Waals surface area (Å²) in [5, 5.41) is 7.47. The lowest BCUT2D eigenvalue weighted by molar-refractivity contribution is -0.877. The van der Waals surface area contributed by atoms with Crippen molar-refractivity contribution in [3.8, 4) is 0 Å². The van der Waals surface area contributed by atoms with Crippen LogP contribution in [0.15, 0.2) is 24.3 Å². The highest BCUT2D eigenvalue weighted by atomic mass is 15.3. The minimum Gasteiger partial charge on any atom is -0.652 e. The average Bonchev–Trinajstić information content (AvgIpc) is 2.78. The molecule has 3 atom stereocenters. The lowest BCUT2D eigenvalue weighted by atomic mass is 10.0. The van der Waals surface area contributed by atoms with Crippen LogP contribution in [-0.4, -0.2) is 18.8 Å². The van der Waals surface area contributed by atoms with E-state index in [1.807, 2.05) is 0 Å². The molecule has 0 aliphatic carbocycles. The second-order valence-corrected chi connectivity index (χ2v) is 5.71. The van der Waals surface area contributed by atoms with Crippen molar-refractivity contribution < 1.29 is 4.90 Å². The van der Waals surface area contributed by atoms with Gasteiger partial charge in [-0.25, -0.2) is 0 Å². The number of nitrogens with zero attached hydrogens (tertiary/aromatic N) is 1. The fraction of sp³-hybridized carbons (Fsp3) is 0.375. The lowest BCUT2D eigenvalue weighted by Crippen LogP contribution is -3.20. The molecule has 2 aliphatic rings. The molecule has 4 rings (SSSR count). The van der Waals surface area contributed by atoms with E-state index in [0.717, 1.165) is 18.5 Å². The zero-order chi connectivity index (χ0) is 13.0. The van der Waals surface area contributed by atoms with E-state index in [-0.39, 0.29) is 0 Å². The number of hydrogen-bond donors (Lipinski definition) is 2. The van der Waals surface area contributed by atoms with Gasteiger partial charge in [-0.3, -0.25) is 10.2 Å². The Bertz CT molecular complexity index is 756. The molecule has 2 N–H and O–H groups in total. The van der Waals surface area contributed by atoms with E-state index in [2.05, 4.69) is 49.5 Å². The van der Waals surface area contributed by atoms with Crippen LogP contribution in [0, 0.1) is 0 Å². The first-order chi connectivity index (χ1) is 9.25. The maximum Gasteiger partial charge on any atom is 0.143 e. The number of hydrogen-bond acceptors (Lipinski definition) is 1. The molecular weight excluding hydrogens is 234 g/mol. The highest BCUT2D eigenvalue weighted by molar-refractivity contribution is 5.81. The summed E-state index contributed by atoms with van der Waals surface area (Å²) in [7, 11) is 0. The van der Waals surface area contributed by atoms with Crippen molar-refractivity contribution >= 4 is 22.7 Å². The van der Waals surface area contributed by atoms with Gasteiger partial charge >= 0.3 is 0 Å². The summed E-state index contributed by atoms with van der Waals surface area (Å²) in [5.41, 5.74) is 2.63. The molecule has 3 heterocycles. The fourth-order valence-electron chi connectivity index (χ4n) is 3.70. The molecule has 98 valence electrons. The van der Waals surface area contributed by atoms with Crippen molar-refractivity contribution in [3.05, 3.63) is 34.8 Å². The highest BCUT2D eigenvalue weighted by Crippen LogP contribution is 2.07. The number of aromatic nitrogens is 1. The molecule has 0 amide bonds. The molecule has 0 saturated carbocycles.